The zero-order valence-corrected chi connectivity index (χ0v) is 21.7. The van der Waals surface area contributed by atoms with Crippen molar-refractivity contribution in [2.45, 2.75) is 39.9 Å². The summed E-state index contributed by atoms with van der Waals surface area (Å²) < 4.78 is 4.25. The van der Waals surface area contributed by atoms with Gasteiger partial charge in [0.15, 0.2) is 11.8 Å². The Morgan fingerprint density at radius 1 is 0.939 bits per heavy atom. The Morgan fingerprint density at radius 2 is 1.70 bits per heavy atom. The van der Waals surface area contributed by atoms with Gasteiger partial charge in [-0.2, -0.15) is 0 Å². The van der Waals surface area contributed by atoms with Gasteiger partial charge in [-0.05, 0) is 38.0 Å². The monoisotopic (exact) mass is 558 g/mol. The number of hydrogen-bond donors (Lipinski definition) is 2. The number of nitrogens with zero attached hydrogens (tertiary/aromatic N) is 6. The number of benzene rings is 2. The molecule has 0 spiro atoms. The van der Waals surface area contributed by atoms with Gasteiger partial charge in [0.05, 0.1) is 24.1 Å². The van der Waals surface area contributed by atoms with Crippen LogP contribution in [0, 0.1) is 13.8 Å². The van der Waals surface area contributed by atoms with Gasteiger partial charge in [-0.15, -0.1) is 34.2 Å². The first-order valence-corrected chi connectivity index (χ1v) is 10.9. The molecule has 174 valence electrons. The second-order valence-electron chi connectivity index (χ2n) is 7.81. The van der Waals surface area contributed by atoms with E-state index in [1.54, 1.807) is 0 Å². The highest BCUT2D eigenvalue weighted by Crippen LogP contribution is 2.15. The zero-order valence-electron chi connectivity index (χ0n) is 19.3. The quantitative estimate of drug-likeness (QED) is 0.149. The molecule has 0 aliphatic heterocycles. The number of halogens is 1. The van der Waals surface area contributed by atoms with Crippen molar-refractivity contribution in [3.8, 4) is 0 Å². The van der Waals surface area contributed by atoms with Crippen LogP contribution in [0.15, 0.2) is 59.6 Å². The summed E-state index contributed by atoms with van der Waals surface area (Å²) in [5, 5.41) is 15.2. The van der Waals surface area contributed by atoms with E-state index < -0.39 is 0 Å². The largest absolute Gasteiger partial charge is 0.356 e. The molecule has 0 atom stereocenters. The van der Waals surface area contributed by atoms with Gasteiger partial charge in [0.2, 0.25) is 0 Å². The standard InChI is InChI=1S/C24H30N8.HI/c1-18-28-21-12-7-8-13-22(21)32(18)15-9-14-25-24(26-16-20-10-5-4-6-11-20)27-17-23-30-29-19(2)31(23)3;/h4-8,10-13H,9,14-17H2,1-3H3,(H2,25,26,27);1H. The lowest BCUT2D eigenvalue weighted by molar-refractivity contribution is 0.621. The van der Waals surface area contributed by atoms with Crippen LogP contribution in [-0.2, 0) is 26.7 Å². The van der Waals surface area contributed by atoms with Crippen molar-refractivity contribution in [2.24, 2.45) is 12.0 Å². The van der Waals surface area contributed by atoms with Crippen molar-refractivity contribution in [3.05, 3.63) is 77.6 Å². The molecule has 8 nitrogen and oxygen atoms in total. The molecule has 0 radical (unpaired) electrons. The molecule has 0 bridgehead atoms. The topological polar surface area (TPSA) is 84.9 Å². The highest BCUT2D eigenvalue weighted by Gasteiger charge is 2.08. The third-order valence-electron chi connectivity index (χ3n) is 5.56. The number of rotatable bonds is 8. The highest BCUT2D eigenvalue weighted by atomic mass is 127. The molecule has 2 aromatic heterocycles. The fourth-order valence-corrected chi connectivity index (χ4v) is 3.62. The summed E-state index contributed by atoms with van der Waals surface area (Å²) in [5.41, 5.74) is 3.39. The van der Waals surface area contributed by atoms with E-state index in [1.807, 2.05) is 42.8 Å². The van der Waals surface area contributed by atoms with Crippen LogP contribution in [0.5, 0.6) is 0 Å². The van der Waals surface area contributed by atoms with Crippen molar-refractivity contribution in [3.63, 3.8) is 0 Å². The molecule has 0 aliphatic rings. The Hall–Kier alpha value is -2.95. The molecule has 0 unspecified atom stereocenters. The van der Waals surface area contributed by atoms with Crippen LogP contribution >= 0.6 is 24.0 Å². The normalized spacial score (nSPS) is 11.4. The van der Waals surface area contributed by atoms with E-state index in [2.05, 4.69) is 67.6 Å². The second-order valence-corrected chi connectivity index (χ2v) is 7.81. The van der Waals surface area contributed by atoms with E-state index in [1.165, 1.54) is 11.1 Å². The summed E-state index contributed by atoms with van der Waals surface area (Å²) in [6, 6.07) is 18.5. The predicted molar refractivity (Wildman–Crippen MR) is 143 cm³/mol. The number of imidazole rings is 1. The lowest BCUT2D eigenvalue weighted by Gasteiger charge is -2.13. The fourth-order valence-electron chi connectivity index (χ4n) is 3.62. The van der Waals surface area contributed by atoms with E-state index >= 15 is 0 Å². The number of aromatic nitrogens is 5. The molecule has 33 heavy (non-hydrogen) atoms. The number of nitrogens with one attached hydrogen (secondary N) is 2. The molecule has 2 aromatic carbocycles. The van der Waals surface area contributed by atoms with Crippen molar-refractivity contribution in [1.29, 1.82) is 0 Å². The van der Waals surface area contributed by atoms with E-state index in [4.69, 9.17) is 4.99 Å². The van der Waals surface area contributed by atoms with E-state index in [0.717, 1.165) is 48.5 Å². The maximum atomic E-state index is 4.77. The minimum Gasteiger partial charge on any atom is -0.356 e. The summed E-state index contributed by atoms with van der Waals surface area (Å²) >= 11 is 0. The summed E-state index contributed by atoms with van der Waals surface area (Å²) in [7, 11) is 1.97. The average Bonchev–Trinajstić information content (AvgIpc) is 3.31. The number of fused-ring (bicyclic) bond motifs is 1. The van der Waals surface area contributed by atoms with Crippen LogP contribution in [0.2, 0.25) is 0 Å². The molecule has 2 heterocycles. The van der Waals surface area contributed by atoms with Crippen LogP contribution in [0.4, 0.5) is 0 Å². The van der Waals surface area contributed by atoms with Gasteiger partial charge in [0, 0.05) is 20.1 Å². The number of hydrogen-bond acceptors (Lipinski definition) is 4. The summed E-state index contributed by atoms with van der Waals surface area (Å²) in [6.45, 7) is 6.87. The molecule has 4 rings (SSSR count). The maximum absolute atomic E-state index is 4.77. The first kappa shape index (κ1) is 24.7. The zero-order chi connectivity index (χ0) is 22.3. The van der Waals surface area contributed by atoms with Crippen LogP contribution in [0.3, 0.4) is 0 Å². The van der Waals surface area contributed by atoms with Gasteiger partial charge in [-0.25, -0.2) is 9.98 Å². The smallest absolute Gasteiger partial charge is 0.191 e. The van der Waals surface area contributed by atoms with Gasteiger partial charge < -0.3 is 19.8 Å². The highest BCUT2D eigenvalue weighted by molar-refractivity contribution is 14.0. The van der Waals surface area contributed by atoms with Crippen molar-refractivity contribution in [1.82, 2.24) is 34.9 Å². The fraction of sp³-hybridized carbons (Fsp3) is 0.333. The lowest BCUT2D eigenvalue weighted by Crippen LogP contribution is -2.38. The lowest BCUT2D eigenvalue weighted by atomic mass is 10.2. The Kier molecular flexibility index (Phi) is 8.81. The third-order valence-corrected chi connectivity index (χ3v) is 5.56. The van der Waals surface area contributed by atoms with Gasteiger partial charge in [-0.1, -0.05) is 42.5 Å². The summed E-state index contributed by atoms with van der Waals surface area (Å²) in [4.78, 5) is 9.42. The van der Waals surface area contributed by atoms with E-state index in [0.29, 0.717) is 13.1 Å². The first-order valence-electron chi connectivity index (χ1n) is 10.9. The van der Waals surface area contributed by atoms with Gasteiger partial charge in [-0.3, -0.25) is 0 Å². The molecule has 2 N–H and O–H groups in total. The van der Waals surface area contributed by atoms with Crippen molar-refractivity contribution in [2.75, 3.05) is 6.54 Å². The van der Waals surface area contributed by atoms with Crippen LogP contribution in [-0.4, -0.2) is 36.8 Å². The number of aryl methyl sites for hydroxylation is 3. The van der Waals surface area contributed by atoms with Crippen molar-refractivity contribution < 1.29 is 0 Å². The molecular weight excluding hydrogens is 527 g/mol. The SMILES string of the molecule is Cc1nnc(CNC(=NCc2ccccc2)NCCCn2c(C)nc3ccccc32)n1C.I. The average molecular weight is 558 g/mol. The van der Waals surface area contributed by atoms with Gasteiger partial charge in [0.1, 0.15) is 11.6 Å². The minimum absolute atomic E-state index is 0. The third kappa shape index (κ3) is 6.31. The molecular formula is C24H31IN8. The minimum atomic E-state index is 0. The first-order chi connectivity index (χ1) is 15.6. The maximum Gasteiger partial charge on any atom is 0.191 e. The molecule has 0 saturated heterocycles. The second kappa shape index (κ2) is 11.8. The molecule has 0 fully saturated rings. The molecule has 0 amide bonds. The summed E-state index contributed by atoms with van der Waals surface area (Å²) in [6.07, 6.45) is 0.955. The Labute approximate surface area is 211 Å². The van der Waals surface area contributed by atoms with Crippen LogP contribution < -0.4 is 10.6 Å². The van der Waals surface area contributed by atoms with Gasteiger partial charge in [0.25, 0.3) is 0 Å². The Balaban J connectivity index is 0.00000306. The summed E-state index contributed by atoms with van der Waals surface area (Å²) in [5.74, 6) is 3.57. The van der Waals surface area contributed by atoms with Crippen LogP contribution in [0.25, 0.3) is 11.0 Å². The molecule has 9 heteroatoms. The number of aliphatic imine (C=N–C) groups is 1. The molecule has 0 saturated carbocycles. The predicted octanol–water partition coefficient (Wildman–Crippen LogP) is 3.73. The Morgan fingerprint density at radius 3 is 2.45 bits per heavy atom. The van der Waals surface area contributed by atoms with Crippen LogP contribution in [0.1, 0.15) is 29.5 Å². The molecule has 4 aromatic rings. The number of guanidine groups is 1. The van der Waals surface area contributed by atoms with Crippen molar-refractivity contribution >= 4 is 41.0 Å². The van der Waals surface area contributed by atoms with E-state index in [-0.39, 0.29) is 24.0 Å². The molecule has 0 aliphatic carbocycles. The number of para-hydroxylation sites is 2. The van der Waals surface area contributed by atoms with Gasteiger partial charge >= 0.3 is 0 Å². The Bertz CT molecular complexity index is 1200. The van der Waals surface area contributed by atoms with E-state index in [9.17, 15) is 0 Å².